The maximum atomic E-state index is 13.2. The van der Waals surface area contributed by atoms with Crippen molar-refractivity contribution in [3.8, 4) is 5.75 Å². The highest BCUT2D eigenvalue weighted by atomic mass is 28.3. The minimum Gasteiger partial charge on any atom is -0.497 e. The molecule has 6 heteroatoms. The van der Waals surface area contributed by atoms with E-state index >= 15 is 0 Å². The quantitative estimate of drug-likeness (QED) is 0.427. The first-order valence-electron chi connectivity index (χ1n) is 9.43. The van der Waals surface area contributed by atoms with Crippen LogP contribution in [0.2, 0.25) is 18.6 Å². The van der Waals surface area contributed by atoms with Gasteiger partial charge in [-0.15, -0.1) is 0 Å². The summed E-state index contributed by atoms with van der Waals surface area (Å²) in [6.07, 6.45) is 0. The molecular formula is C22H27NO4Si. The maximum Gasteiger partial charge on any atom is 0.329 e. The van der Waals surface area contributed by atoms with E-state index in [2.05, 4.69) is 32.2 Å². The fraction of sp³-hybridized carbons (Fsp3) is 0.364. The molecule has 3 atom stereocenters. The molecule has 1 aliphatic heterocycles. The van der Waals surface area contributed by atoms with Crippen LogP contribution in [0.3, 0.4) is 0 Å². The van der Waals surface area contributed by atoms with Gasteiger partial charge >= 0.3 is 5.97 Å². The number of methoxy groups -OCH3 is 2. The van der Waals surface area contributed by atoms with Crippen molar-refractivity contribution < 1.29 is 19.1 Å². The lowest BCUT2D eigenvalue weighted by atomic mass is 9.84. The second-order valence-electron chi connectivity index (χ2n) is 7.78. The number of carbonyl (C=O) groups is 2. The first-order chi connectivity index (χ1) is 13.3. The number of carbonyl (C=O) groups excluding carboxylic acids is 2. The van der Waals surface area contributed by atoms with E-state index in [9.17, 15) is 9.59 Å². The summed E-state index contributed by atoms with van der Waals surface area (Å²) in [5.41, 5.74) is 0.768. The van der Waals surface area contributed by atoms with Crippen LogP contribution >= 0.6 is 0 Å². The third-order valence-corrected chi connectivity index (χ3v) is 10.6. The molecule has 0 unspecified atom stereocenters. The Bertz CT molecular complexity index is 851. The number of esters is 1. The van der Waals surface area contributed by atoms with Crippen LogP contribution in [0, 0.1) is 5.92 Å². The smallest absolute Gasteiger partial charge is 0.329 e. The van der Waals surface area contributed by atoms with Gasteiger partial charge in [-0.2, -0.15) is 0 Å². The molecule has 0 aliphatic carbocycles. The van der Waals surface area contributed by atoms with Crippen molar-refractivity contribution >= 4 is 30.8 Å². The third kappa shape index (κ3) is 3.33. The van der Waals surface area contributed by atoms with Crippen LogP contribution in [-0.4, -0.2) is 40.2 Å². The Labute approximate surface area is 167 Å². The predicted molar refractivity (Wildman–Crippen MR) is 113 cm³/mol. The zero-order chi connectivity index (χ0) is 20.5. The molecule has 5 nitrogen and oxygen atoms in total. The molecule has 0 aromatic heterocycles. The summed E-state index contributed by atoms with van der Waals surface area (Å²) in [5.74, 6) is -0.0694. The highest BCUT2D eigenvalue weighted by molar-refractivity contribution is 6.91. The van der Waals surface area contributed by atoms with Crippen molar-refractivity contribution in [2.24, 2.45) is 5.92 Å². The Hall–Kier alpha value is -2.60. The van der Waals surface area contributed by atoms with E-state index in [0.29, 0.717) is 11.4 Å². The SMILES string of the molecule is COC(=O)[C@H]1[C@@H]([C@@H](C)[Si](C)(C)c2ccccc2)C(=O)N1c1ccc(OC)cc1. The fourth-order valence-electron chi connectivity index (χ4n) is 3.98. The Morgan fingerprint density at radius 1 is 1.04 bits per heavy atom. The summed E-state index contributed by atoms with van der Waals surface area (Å²) in [4.78, 5) is 27.3. The molecule has 3 rings (SSSR count). The van der Waals surface area contributed by atoms with Gasteiger partial charge in [0.1, 0.15) is 11.8 Å². The minimum absolute atomic E-state index is 0.0235. The molecule has 0 N–H and O–H groups in total. The molecule has 1 fully saturated rings. The van der Waals surface area contributed by atoms with Crippen LogP contribution < -0.4 is 14.8 Å². The number of rotatable bonds is 6. The van der Waals surface area contributed by atoms with Gasteiger partial charge in [-0.05, 0) is 29.8 Å². The second kappa shape index (κ2) is 7.79. The summed E-state index contributed by atoms with van der Waals surface area (Å²) in [7, 11) is 0.988. The van der Waals surface area contributed by atoms with E-state index in [1.165, 1.54) is 12.3 Å². The van der Waals surface area contributed by atoms with E-state index in [0.717, 1.165) is 0 Å². The molecular weight excluding hydrogens is 370 g/mol. The van der Waals surface area contributed by atoms with Crippen molar-refractivity contribution in [2.75, 3.05) is 19.1 Å². The molecule has 1 amide bonds. The van der Waals surface area contributed by atoms with Crippen molar-refractivity contribution in [3.05, 3.63) is 54.6 Å². The Balaban J connectivity index is 1.92. The normalized spacial score (nSPS) is 20.3. The van der Waals surface area contributed by atoms with Crippen molar-refractivity contribution in [1.82, 2.24) is 0 Å². The lowest BCUT2D eigenvalue weighted by Gasteiger charge is -2.50. The van der Waals surface area contributed by atoms with Gasteiger partial charge < -0.3 is 9.47 Å². The first kappa shape index (κ1) is 20.1. The number of hydrogen-bond donors (Lipinski definition) is 0. The van der Waals surface area contributed by atoms with E-state index in [-0.39, 0.29) is 23.3 Å². The molecule has 0 radical (unpaired) electrons. The predicted octanol–water partition coefficient (Wildman–Crippen LogP) is 3.21. The van der Waals surface area contributed by atoms with Crippen LogP contribution in [0.5, 0.6) is 5.75 Å². The average Bonchev–Trinajstić information content (AvgIpc) is 2.72. The molecule has 0 saturated carbocycles. The minimum atomic E-state index is -1.98. The summed E-state index contributed by atoms with van der Waals surface area (Å²) >= 11 is 0. The zero-order valence-electron chi connectivity index (χ0n) is 17.0. The number of amides is 1. The largest absolute Gasteiger partial charge is 0.497 e. The lowest BCUT2D eigenvalue weighted by Crippen LogP contribution is -2.69. The zero-order valence-corrected chi connectivity index (χ0v) is 18.0. The highest BCUT2D eigenvalue weighted by Gasteiger charge is 2.58. The first-order valence-corrected chi connectivity index (χ1v) is 12.5. The van der Waals surface area contributed by atoms with Gasteiger partial charge in [-0.3, -0.25) is 9.69 Å². The van der Waals surface area contributed by atoms with E-state index < -0.39 is 14.1 Å². The summed E-state index contributed by atoms with van der Waals surface area (Å²) in [6.45, 7) is 6.61. The van der Waals surface area contributed by atoms with Crippen molar-refractivity contribution in [1.29, 1.82) is 0 Å². The van der Waals surface area contributed by atoms with Crippen LogP contribution in [0.4, 0.5) is 5.69 Å². The number of benzene rings is 2. The van der Waals surface area contributed by atoms with E-state index in [1.807, 2.05) is 18.2 Å². The maximum absolute atomic E-state index is 13.2. The van der Waals surface area contributed by atoms with Crippen molar-refractivity contribution in [2.45, 2.75) is 31.6 Å². The lowest BCUT2D eigenvalue weighted by molar-refractivity contribution is -0.152. The van der Waals surface area contributed by atoms with Gasteiger partial charge in [0, 0.05) is 5.69 Å². The van der Waals surface area contributed by atoms with E-state index in [4.69, 9.17) is 9.47 Å². The molecule has 1 aliphatic rings. The van der Waals surface area contributed by atoms with Gasteiger partial charge in [0.2, 0.25) is 5.91 Å². The Kier molecular flexibility index (Phi) is 5.61. The van der Waals surface area contributed by atoms with Gasteiger partial charge in [-0.25, -0.2) is 4.79 Å². The molecule has 2 aromatic carbocycles. The summed E-state index contributed by atoms with van der Waals surface area (Å²) in [6, 6.07) is 16.9. The molecule has 1 heterocycles. The second-order valence-corrected chi connectivity index (χ2v) is 12.7. The van der Waals surface area contributed by atoms with Gasteiger partial charge in [0.05, 0.1) is 28.2 Å². The standard InChI is InChI=1S/C22H27NO4Si/c1-15(28(4,5)18-9-7-6-8-10-18)19-20(22(25)27-3)23(21(19)24)16-11-13-17(26-2)14-12-16/h6-15,19-20H,1-5H3/t15-,19-,20-/m1/s1. The monoisotopic (exact) mass is 397 g/mol. The molecule has 28 heavy (non-hydrogen) atoms. The molecule has 0 bridgehead atoms. The molecule has 148 valence electrons. The fourth-order valence-corrected chi connectivity index (χ4v) is 6.78. The number of β-lactam (4-membered cyclic amide) rings is 1. The number of ether oxygens (including phenoxy) is 2. The van der Waals surface area contributed by atoms with Crippen LogP contribution in [-0.2, 0) is 14.3 Å². The average molecular weight is 398 g/mol. The van der Waals surface area contributed by atoms with E-state index in [1.54, 1.807) is 36.3 Å². The van der Waals surface area contributed by atoms with Crippen molar-refractivity contribution in [3.63, 3.8) is 0 Å². The highest BCUT2D eigenvalue weighted by Crippen LogP contribution is 2.44. The number of anilines is 1. The van der Waals surface area contributed by atoms with Gasteiger partial charge in [0.25, 0.3) is 0 Å². The van der Waals surface area contributed by atoms with Crippen LogP contribution in [0.1, 0.15) is 6.92 Å². The Morgan fingerprint density at radius 2 is 1.64 bits per heavy atom. The Morgan fingerprint density at radius 3 is 2.18 bits per heavy atom. The number of hydrogen-bond acceptors (Lipinski definition) is 4. The molecule has 2 aromatic rings. The molecule has 1 saturated heterocycles. The van der Waals surface area contributed by atoms with Crippen LogP contribution in [0.25, 0.3) is 0 Å². The topological polar surface area (TPSA) is 55.8 Å². The summed E-state index contributed by atoms with van der Waals surface area (Å²) < 4.78 is 10.2. The van der Waals surface area contributed by atoms with Gasteiger partial charge in [0.15, 0.2) is 0 Å². The third-order valence-electron chi connectivity index (χ3n) is 6.13. The number of nitrogens with zero attached hydrogens (tertiary/aromatic N) is 1. The molecule has 0 spiro atoms. The van der Waals surface area contributed by atoms with Crippen LogP contribution in [0.15, 0.2) is 54.6 Å². The summed E-state index contributed by atoms with van der Waals surface area (Å²) in [5, 5.41) is 1.28. The van der Waals surface area contributed by atoms with Gasteiger partial charge in [-0.1, -0.05) is 55.5 Å².